The number of piperidine rings is 1. The number of nitrogens with zero attached hydrogens (tertiary/aromatic N) is 1. The molecule has 1 N–H and O–H groups in total. The minimum Gasteiger partial charge on any atom is -0.478 e. The lowest BCUT2D eigenvalue weighted by Gasteiger charge is -2.35. The van der Waals surface area contributed by atoms with Crippen LogP contribution in [0.5, 0.6) is 0 Å². The first-order chi connectivity index (χ1) is 9.30. The number of carbonyl (C=O) groups is 1. The van der Waals surface area contributed by atoms with E-state index in [-0.39, 0.29) is 31.5 Å². The maximum Gasteiger partial charge on any atom is 0.391 e. The second-order valence-electron chi connectivity index (χ2n) is 4.74. The molecule has 1 aliphatic rings. The van der Waals surface area contributed by atoms with E-state index in [9.17, 15) is 23.1 Å². The van der Waals surface area contributed by atoms with Gasteiger partial charge in [0.25, 0.3) is 0 Å². The molecule has 0 bridgehead atoms. The van der Waals surface area contributed by atoms with Gasteiger partial charge < -0.3 is 10.0 Å². The summed E-state index contributed by atoms with van der Waals surface area (Å²) in [5.74, 6) is -2.38. The van der Waals surface area contributed by atoms with Crippen LogP contribution in [0.2, 0.25) is 0 Å². The highest BCUT2D eigenvalue weighted by Gasteiger charge is 2.41. The SMILES string of the molecule is O=C(O)c1c(Br)cccc1N1CCC(C(F)(F)F)CC1. The number of aromatic carboxylic acids is 1. The van der Waals surface area contributed by atoms with E-state index in [1.165, 1.54) is 0 Å². The molecular weight excluding hydrogens is 339 g/mol. The van der Waals surface area contributed by atoms with Crippen molar-refractivity contribution in [1.82, 2.24) is 0 Å². The van der Waals surface area contributed by atoms with Crippen molar-refractivity contribution in [3.8, 4) is 0 Å². The molecule has 0 spiro atoms. The van der Waals surface area contributed by atoms with Crippen molar-refractivity contribution in [3.05, 3.63) is 28.2 Å². The Morgan fingerprint density at radius 2 is 1.90 bits per heavy atom. The van der Waals surface area contributed by atoms with Crippen LogP contribution < -0.4 is 4.90 Å². The summed E-state index contributed by atoms with van der Waals surface area (Å²) in [4.78, 5) is 13.0. The average Bonchev–Trinajstić information content (AvgIpc) is 2.37. The van der Waals surface area contributed by atoms with E-state index in [1.54, 1.807) is 23.1 Å². The second-order valence-corrected chi connectivity index (χ2v) is 5.60. The Bertz CT molecular complexity index is 511. The van der Waals surface area contributed by atoms with E-state index in [1.807, 2.05) is 0 Å². The summed E-state index contributed by atoms with van der Waals surface area (Å²) < 4.78 is 38.3. The second kappa shape index (κ2) is 5.63. The number of carboxylic acid groups (broad SMARTS) is 1. The Balaban J connectivity index is 2.19. The summed E-state index contributed by atoms with van der Waals surface area (Å²) in [6.45, 7) is 0.418. The molecule has 0 atom stereocenters. The maximum atomic E-state index is 12.6. The number of hydrogen-bond donors (Lipinski definition) is 1. The third-order valence-electron chi connectivity index (χ3n) is 3.50. The van der Waals surface area contributed by atoms with E-state index < -0.39 is 18.1 Å². The van der Waals surface area contributed by atoms with E-state index in [4.69, 9.17) is 0 Å². The Morgan fingerprint density at radius 1 is 1.30 bits per heavy atom. The van der Waals surface area contributed by atoms with E-state index in [2.05, 4.69) is 15.9 Å². The van der Waals surface area contributed by atoms with Gasteiger partial charge in [-0.2, -0.15) is 13.2 Å². The molecular formula is C13H13BrF3NO2. The highest BCUT2D eigenvalue weighted by molar-refractivity contribution is 9.10. The lowest BCUT2D eigenvalue weighted by molar-refractivity contribution is -0.179. The lowest BCUT2D eigenvalue weighted by Crippen LogP contribution is -2.39. The standard InChI is InChI=1S/C13H13BrF3NO2/c14-9-2-1-3-10(11(9)12(19)20)18-6-4-8(5-7-18)13(15,16)17/h1-3,8H,4-7H2,(H,19,20). The zero-order chi connectivity index (χ0) is 14.9. The van der Waals surface area contributed by atoms with Gasteiger partial charge in [0.2, 0.25) is 0 Å². The van der Waals surface area contributed by atoms with Crippen LogP contribution in [0.25, 0.3) is 0 Å². The summed E-state index contributed by atoms with van der Waals surface area (Å²) in [5.41, 5.74) is 0.561. The van der Waals surface area contributed by atoms with Gasteiger partial charge >= 0.3 is 12.1 Å². The maximum absolute atomic E-state index is 12.6. The molecule has 2 rings (SSSR count). The fourth-order valence-electron chi connectivity index (χ4n) is 2.44. The van der Waals surface area contributed by atoms with Gasteiger partial charge in [-0.1, -0.05) is 6.07 Å². The quantitative estimate of drug-likeness (QED) is 0.877. The number of benzene rings is 1. The third-order valence-corrected chi connectivity index (χ3v) is 4.16. The van der Waals surface area contributed by atoms with Crippen LogP contribution in [0.4, 0.5) is 18.9 Å². The molecule has 0 aliphatic carbocycles. The van der Waals surface area contributed by atoms with Crippen LogP contribution in [-0.4, -0.2) is 30.3 Å². The molecule has 3 nitrogen and oxygen atoms in total. The molecule has 7 heteroatoms. The molecule has 110 valence electrons. The molecule has 1 fully saturated rings. The van der Waals surface area contributed by atoms with Gasteiger partial charge in [-0.15, -0.1) is 0 Å². The minimum atomic E-state index is -4.17. The molecule has 1 heterocycles. The first-order valence-electron chi connectivity index (χ1n) is 6.14. The van der Waals surface area contributed by atoms with Crippen LogP contribution in [0.3, 0.4) is 0 Å². The van der Waals surface area contributed by atoms with Gasteiger partial charge in [0.05, 0.1) is 17.2 Å². The number of rotatable bonds is 2. The molecule has 0 unspecified atom stereocenters. The molecule has 1 saturated heterocycles. The van der Waals surface area contributed by atoms with Crippen LogP contribution in [0, 0.1) is 5.92 Å². The molecule has 0 saturated carbocycles. The number of carboxylic acids is 1. The van der Waals surface area contributed by atoms with Crippen molar-refractivity contribution >= 4 is 27.6 Å². The molecule has 0 amide bonds. The van der Waals surface area contributed by atoms with Crippen molar-refractivity contribution in [2.24, 2.45) is 5.92 Å². The van der Waals surface area contributed by atoms with Crippen LogP contribution in [0.15, 0.2) is 22.7 Å². The highest BCUT2D eigenvalue weighted by Crippen LogP contribution is 2.37. The first-order valence-corrected chi connectivity index (χ1v) is 6.93. The summed E-state index contributed by atoms with van der Waals surface area (Å²) in [5, 5.41) is 9.22. The minimum absolute atomic E-state index is 0.00489. The van der Waals surface area contributed by atoms with Crippen LogP contribution in [0.1, 0.15) is 23.2 Å². The van der Waals surface area contributed by atoms with Crippen molar-refractivity contribution in [1.29, 1.82) is 0 Å². The number of halogens is 4. The fourth-order valence-corrected chi connectivity index (χ4v) is 2.96. The monoisotopic (exact) mass is 351 g/mol. The van der Waals surface area contributed by atoms with E-state index in [0.717, 1.165) is 0 Å². The fraction of sp³-hybridized carbons (Fsp3) is 0.462. The number of alkyl halides is 3. The lowest BCUT2D eigenvalue weighted by atomic mass is 9.95. The van der Waals surface area contributed by atoms with Crippen molar-refractivity contribution < 1.29 is 23.1 Å². The molecule has 0 aromatic heterocycles. The van der Waals surface area contributed by atoms with Gasteiger partial charge in [0, 0.05) is 17.6 Å². The van der Waals surface area contributed by atoms with Gasteiger partial charge in [0.15, 0.2) is 0 Å². The van der Waals surface area contributed by atoms with Gasteiger partial charge in [-0.05, 0) is 40.9 Å². The first kappa shape index (κ1) is 15.2. The zero-order valence-electron chi connectivity index (χ0n) is 10.5. The van der Waals surface area contributed by atoms with Crippen molar-refractivity contribution in [2.45, 2.75) is 19.0 Å². The Morgan fingerprint density at radius 3 is 2.40 bits per heavy atom. The van der Waals surface area contributed by atoms with Gasteiger partial charge in [-0.3, -0.25) is 0 Å². The molecule has 1 aromatic carbocycles. The predicted octanol–water partition coefficient (Wildman–Crippen LogP) is 3.93. The van der Waals surface area contributed by atoms with Crippen molar-refractivity contribution in [2.75, 3.05) is 18.0 Å². The summed E-state index contributed by atoms with van der Waals surface area (Å²) in [7, 11) is 0. The van der Waals surface area contributed by atoms with E-state index in [0.29, 0.717) is 10.2 Å². The summed E-state index contributed by atoms with van der Waals surface area (Å²) >= 11 is 3.17. The predicted molar refractivity (Wildman–Crippen MR) is 72.1 cm³/mol. The largest absolute Gasteiger partial charge is 0.478 e. The Hall–Kier alpha value is -1.24. The summed E-state index contributed by atoms with van der Waals surface area (Å²) in [6.07, 6.45) is -4.18. The molecule has 20 heavy (non-hydrogen) atoms. The highest BCUT2D eigenvalue weighted by atomic mass is 79.9. The molecule has 1 aliphatic heterocycles. The van der Waals surface area contributed by atoms with Crippen LogP contribution >= 0.6 is 15.9 Å². The summed E-state index contributed by atoms with van der Waals surface area (Å²) in [6, 6.07) is 4.92. The zero-order valence-corrected chi connectivity index (χ0v) is 12.0. The topological polar surface area (TPSA) is 40.5 Å². The smallest absolute Gasteiger partial charge is 0.391 e. The normalized spacial score (nSPS) is 17.3. The van der Waals surface area contributed by atoms with E-state index >= 15 is 0 Å². The van der Waals surface area contributed by atoms with Crippen molar-refractivity contribution in [3.63, 3.8) is 0 Å². The van der Waals surface area contributed by atoms with Gasteiger partial charge in [0.1, 0.15) is 0 Å². The number of anilines is 1. The molecule has 1 aromatic rings. The Kier molecular flexibility index (Phi) is 4.27. The Labute approximate surface area is 122 Å². The molecule has 0 radical (unpaired) electrons. The third kappa shape index (κ3) is 3.08. The van der Waals surface area contributed by atoms with Gasteiger partial charge in [-0.25, -0.2) is 4.79 Å². The average molecular weight is 352 g/mol. The number of hydrogen-bond acceptors (Lipinski definition) is 2. The van der Waals surface area contributed by atoms with Crippen LogP contribution in [-0.2, 0) is 0 Å².